The molecular weight excluding hydrogens is 320 g/mol. The zero-order valence-corrected chi connectivity index (χ0v) is 15.9. The fourth-order valence-electron chi connectivity index (χ4n) is 3.10. The van der Waals surface area contributed by atoms with Gasteiger partial charge < -0.3 is 9.47 Å². The van der Waals surface area contributed by atoms with Crippen LogP contribution in [0, 0.1) is 0 Å². The number of methoxy groups -OCH3 is 1. The summed E-state index contributed by atoms with van der Waals surface area (Å²) in [5.41, 5.74) is 3.54. The lowest BCUT2D eigenvalue weighted by atomic mass is 9.85. The molecule has 0 N–H and O–H groups in total. The van der Waals surface area contributed by atoms with Crippen molar-refractivity contribution in [2.45, 2.75) is 32.3 Å². The Labute approximate surface area is 156 Å². The zero-order valence-electron chi connectivity index (χ0n) is 15.9. The second-order valence-electron chi connectivity index (χ2n) is 7.40. The Morgan fingerprint density at radius 3 is 1.54 bits per heavy atom. The monoisotopic (exact) mass is 346 g/mol. The average molecular weight is 346 g/mol. The SMILES string of the molecule is COc1ccc(C(c2ccccc2)c2ccc(OC(C)(C)C)cc2)cc1. The Balaban J connectivity index is 1.98. The van der Waals surface area contributed by atoms with Crippen LogP contribution in [0.25, 0.3) is 0 Å². The summed E-state index contributed by atoms with van der Waals surface area (Å²) in [7, 11) is 1.69. The van der Waals surface area contributed by atoms with E-state index in [2.05, 4.69) is 87.5 Å². The Morgan fingerprint density at radius 1 is 0.615 bits per heavy atom. The molecule has 0 aliphatic carbocycles. The number of rotatable bonds is 5. The van der Waals surface area contributed by atoms with Gasteiger partial charge in [-0.05, 0) is 61.7 Å². The molecule has 0 bridgehead atoms. The van der Waals surface area contributed by atoms with Gasteiger partial charge in [0.2, 0.25) is 0 Å². The third-order valence-corrected chi connectivity index (χ3v) is 4.22. The van der Waals surface area contributed by atoms with Gasteiger partial charge in [0, 0.05) is 5.92 Å². The largest absolute Gasteiger partial charge is 0.497 e. The highest BCUT2D eigenvalue weighted by Crippen LogP contribution is 2.34. The number of ether oxygens (including phenoxy) is 2. The van der Waals surface area contributed by atoms with Crippen LogP contribution in [0.15, 0.2) is 78.9 Å². The smallest absolute Gasteiger partial charge is 0.120 e. The van der Waals surface area contributed by atoms with Crippen molar-refractivity contribution in [3.05, 3.63) is 95.6 Å². The maximum absolute atomic E-state index is 5.96. The van der Waals surface area contributed by atoms with Gasteiger partial charge in [0.05, 0.1) is 7.11 Å². The molecular formula is C24H26O2. The van der Waals surface area contributed by atoms with E-state index in [1.165, 1.54) is 16.7 Å². The highest BCUT2D eigenvalue weighted by molar-refractivity contribution is 5.45. The van der Waals surface area contributed by atoms with Crippen molar-refractivity contribution in [2.24, 2.45) is 0 Å². The fraction of sp³-hybridized carbons (Fsp3) is 0.250. The summed E-state index contributed by atoms with van der Waals surface area (Å²) in [4.78, 5) is 0. The molecule has 3 rings (SSSR count). The summed E-state index contributed by atoms with van der Waals surface area (Å²) >= 11 is 0. The molecule has 0 amide bonds. The molecule has 0 saturated carbocycles. The van der Waals surface area contributed by atoms with Crippen LogP contribution in [-0.2, 0) is 0 Å². The number of hydrogen-bond donors (Lipinski definition) is 0. The summed E-state index contributed by atoms with van der Waals surface area (Å²) in [5, 5.41) is 0. The van der Waals surface area contributed by atoms with Crippen molar-refractivity contribution < 1.29 is 9.47 Å². The quantitative estimate of drug-likeness (QED) is 0.523. The summed E-state index contributed by atoms with van der Waals surface area (Å²) < 4.78 is 11.3. The summed E-state index contributed by atoms with van der Waals surface area (Å²) in [6.45, 7) is 6.18. The van der Waals surface area contributed by atoms with Crippen LogP contribution in [0.1, 0.15) is 43.4 Å². The molecule has 0 saturated heterocycles. The Morgan fingerprint density at radius 2 is 1.08 bits per heavy atom. The first kappa shape index (κ1) is 18.1. The van der Waals surface area contributed by atoms with E-state index in [1.54, 1.807) is 7.11 Å². The Hall–Kier alpha value is -2.74. The molecule has 0 aliphatic heterocycles. The highest BCUT2D eigenvalue weighted by atomic mass is 16.5. The first-order valence-electron chi connectivity index (χ1n) is 8.94. The predicted octanol–water partition coefficient (Wildman–Crippen LogP) is 6.05. The summed E-state index contributed by atoms with van der Waals surface area (Å²) in [6.07, 6.45) is 0. The van der Waals surface area contributed by atoms with E-state index in [4.69, 9.17) is 9.47 Å². The lowest BCUT2D eigenvalue weighted by molar-refractivity contribution is 0.131. The molecule has 0 aromatic heterocycles. The minimum Gasteiger partial charge on any atom is -0.497 e. The number of hydrogen-bond acceptors (Lipinski definition) is 2. The Bertz CT molecular complexity index is 813. The van der Waals surface area contributed by atoms with Gasteiger partial charge in [0.15, 0.2) is 0 Å². The van der Waals surface area contributed by atoms with Gasteiger partial charge in [-0.3, -0.25) is 0 Å². The predicted molar refractivity (Wildman–Crippen MR) is 107 cm³/mol. The molecule has 2 heteroatoms. The standard InChI is InChI=1S/C24H26O2/c1-24(2,3)26-22-16-12-20(13-17-22)23(18-8-6-5-7-9-18)19-10-14-21(25-4)15-11-19/h5-17,23H,1-4H3. The van der Waals surface area contributed by atoms with Crippen molar-refractivity contribution in [3.63, 3.8) is 0 Å². The first-order valence-corrected chi connectivity index (χ1v) is 8.94. The molecule has 0 spiro atoms. The van der Waals surface area contributed by atoms with E-state index in [-0.39, 0.29) is 11.5 Å². The highest BCUT2D eigenvalue weighted by Gasteiger charge is 2.18. The zero-order chi connectivity index (χ0) is 18.6. The summed E-state index contributed by atoms with van der Waals surface area (Å²) in [5.74, 6) is 1.93. The minimum absolute atomic E-state index is 0.172. The third-order valence-electron chi connectivity index (χ3n) is 4.22. The van der Waals surface area contributed by atoms with Gasteiger partial charge in [-0.15, -0.1) is 0 Å². The molecule has 26 heavy (non-hydrogen) atoms. The van der Waals surface area contributed by atoms with Gasteiger partial charge in [-0.1, -0.05) is 54.6 Å². The van der Waals surface area contributed by atoms with Crippen LogP contribution >= 0.6 is 0 Å². The van der Waals surface area contributed by atoms with Crippen molar-refractivity contribution in [3.8, 4) is 11.5 Å². The first-order chi connectivity index (χ1) is 12.5. The third kappa shape index (κ3) is 4.45. The van der Waals surface area contributed by atoms with Crippen LogP contribution in [0.4, 0.5) is 0 Å². The van der Waals surface area contributed by atoms with E-state index in [9.17, 15) is 0 Å². The average Bonchev–Trinajstić information content (AvgIpc) is 2.64. The van der Waals surface area contributed by atoms with Crippen LogP contribution in [0.5, 0.6) is 11.5 Å². The molecule has 1 unspecified atom stereocenters. The maximum Gasteiger partial charge on any atom is 0.120 e. The normalized spacial score (nSPS) is 12.5. The van der Waals surface area contributed by atoms with E-state index in [1.807, 2.05) is 12.1 Å². The summed E-state index contributed by atoms with van der Waals surface area (Å²) in [6, 6.07) is 27.3. The van der Waals surface area contributed by atoms with Crippen LogP contribution in [0.2, 0.25) is 0 Å². The molecule has 0 radical (unpaired) electrons. The van der Waals surface area contributed by atoms with E-state index in [0.29, 0.717) is 0 Å². The Kier molecular flexibility index (Phi) is 5.32. The van der Waals surface area contributed by atoms with Crippen LogP contribution in [0.3, 0.4) is 0 Å². The van der Waals surface area contributed by atoms with Gasteiger partial charge >= 0.3 is 0 Å². The topological polar surface area (TPSA) is 18.5 Å². The van der Waals surface area contributed by atoms with E-state index in [0.717, 1.165) is 11.5 Å². The molecule has 3 aromatic carbocycles. The lowest BCUT2D eigenvalue weighted by Crippen LogP contribution is -2.22. The van der Waals surface area contributed by atoms with Gasteiger partial charge in [-0.25, -0.2) is 0 Å². The lowest BCUT2D eigenvalue weighted by Gasteiger charge is -2.23. The van der Waals surface area contributed by atoms with Crippen molar-refractivity contribution in [2.75, 3.05) is 7.11 Å². The minimum atomic E-state index is -0.198. The second-order valence-corrected chi connectivity index (χ2v) is 7.40. The molecule has 134 valence electrons. The molecule has 0 fully saturated rings. The molecule has 3 aromatic rings. The van der Waals surface area contributed by atoms with Crippen LogP contribution in [-0.4, -0.2) is 12.7 Å². The van der Waals surface area contributed by atoms with E-state index < -0.39 is 0 Å². The second kappa shape index (κ2) is 7.65. The maximum atomic E-state index is 5.96. The molecule has 1 atom stereocenters. The number of benzene rings is 3. The van der Waals surface area contributed by atoms with Gasteiger partial charge in [0.1, 0.15) is 17.1 Å². The van der Waals surface area contributed by atoms with Crippen molar-refractivity contribution in [1.29, 1.82) is 0 Å². The van der Waals surface area contributed by atoms with Crippen LogP contribution < -0.4 is 9.47 Å². The fourth-order valence-corrected chi connectivity index (χ4v) is 3.10. The van der Waals surface area contributed by atoms with Gasteiger partial charge in [-0.2, -0.15) is 0 Å². The van der Waals surface area contributed by atoms with Crippen molar-refractivity contribution >= 4 is 0 Å². The molecule has 2 nitrogen and oxygen atoms in total. The van der Waals surface area contributed by atoms with E-state index >= 15 is 0 Å². The molecule has 0 aliphatic rings. The molecule has 0 heterocycles. The van der Waals surface area contributed by atoms with Crippen molar-refractivity contribution in [1.82, 2.24) is 0 Å². The van der Waals surface area contributed by atoms with Gasteiger partial charge in [0.25, 0.3) is 0 Å².